The van der Waals surface area contributed by atoms with Gasteiger partial charge in [-0.3, -0.25) is 4.79 Å². The first-order valence-corrected chi connectivity index (χ1v) is 7.09. The highest BCUT2D eigenvalue weighted by Gasteiger charge is 2.29. The van der Waals surface area contributed by atoms with Gasteiger partial charge >= 0.3 is 0 Å². The van der Waals surface area contributed by atoms with Crippen LogP contribution in [-0.2, 0) is 4.79 Å². The quantitative estimate of drug-likeness (QED) is 0.677. The lowest BCUT2D eigenvalue weighted by Crippen LogP contribution is -2.44. The van der Waals surface area contributed by atoms with E-state index in [1.807, 2.05) is 13.0 Å². The van der Waals surface area contributed by atoms with Gasteiger partial charge in [-0.15, -0.1) is 0 Å². The predicted octanol–water partition coefficient (Wildman–Crippen LogP) is 3.55. The maximum Gasteiger partial charge on any atom is 0.283 e. The van der Waals surface area contributed by atoms with Crippen LogP contribution >= 0.6 is 11.6 Å². The van der Waals surface area contributed by atoms with Crippen molar-refractivity contribution in [2.75, 3.05) is 0 Å². The van der Waals surface area contributed by atoms with Crippen LogP contribution in [0.5, 0.6) is 5.75 Å². The third kappa shape index (κ3) is 4.36. The maximum absolute atomic E-state index is 12.1. The van der Waals surface area contributed by atoms with Gasteiger partial charge in [0.25, 0.3) is 5.91 Å². The Kier molecular flexibility index (Phi) is 4.88. The Morgan fingerprint density at radius 1 is 1.27 bits per heavy atom. The van der Waals surface area contributed by atoms with Crippen molar-refractivity contribution in [1.82, 2.24) is 5.43 Å². The van der Waals surface area contributed by atoms with E-state index < -0.39 is 5.60 Å². The first kappa shape index (κ1) is 16.1. The Hall–Kier alpha value is -2.27. The summed E-state index contributed by atoms with van der Waals surface area (Å²) in [7, 11) is 0. The Morgan fingerprint density at radius 2 is 1.95 bits per heavy atom. The molecule has 0 fully saturated rings. The number of carbonyl (C=O) groups excluding carboxylic acids is 1. The van der Waals surface area contributed by atoms with Crippen molar-refractivity contribution in [3.63, 3.8) is 0 Å². The number of aryl methyl sites for hydroxylation is 1. The molecule has 0 unspecified atom stereocenters. The summed E-state index contributed by atoms with van der Waals surface area (Å²) in [5.74, 6) is 1.52. The summed E-state index contributed by atoms with van der Waals surface area (Å²) in [6.07, 6.45) is 1.43. The van der Waals surface area contributed by atoms with E-state index in [0.717, 1.165) is 5.76 Å². The second kappa shape index (κ2) is 6.66. The summed E-state index contributed by atoms with van der Waals surface area (Å²) >= 11 is 5.81. The van der Waals surface area contributed by atoms with Gasteiger partial charge in [0, 0.05) is 5.02 Å². The van der Waals surface area contributed by atoms with E-state index in [1.54, 1.807) is 44.2 Å². The third-order valence-corrected chi connectivity index (χ3v) is 3.10. The Bertz CT molecular complexity index is 675. The molecule has 0 saturated carbocycles. The highest BCUT2D eigenvalue weighted by molar-refractivity contribution is 6.30. The summed E-state index contributed by atoms with van der Waals surface area (Å²) < 4.78 is 11.0. The molecule has 1 aromatic carbocycles. The van der Waals surface area contributed by atoms with Crippen LogP contribution < -0.4 is 10.2 Å². The molecule has 0 aliphatic heterocycles. The molecule has 6 heteroatoms. The zero-order valence-corrected chi connectivity index (χ0v) is 13.3. The number of furan rings is 1. The van der Waals surface area contributed by atoms with Crippen LogP contribution in [0.4, 0.5) is 0 Å². The first-order chi connectivity index (χ1) is 10.4. The molecule has 116 valence electrons. The number of nitrogens with zero attached hydrogens (tertiary/aromatic N) is 1. The minimum Gasteiger partial charge on any atom is -0.478 e. The van der Waals surface area contributed by atoms with Gasteiger partial charge in [0.2, 0.25) is 0 Å². The highest BCUT2D eigenvalue weighted by Crippen LogP contribution is 2.20. The fourth-order valence-electron chi connectivity index (χ4n) is 1.66. The molecule has 1 N–H and O–H groups in total. The van der Waals surface area contributed by atoms with Gasteiger partial charge in [0.15, 0.2) is 5.60 Å². The fourth-order valence-corrected chi connectivity index (χ4v) is 1.78. The van der Waals surface area contributed by atoms with Gasteiger partial charge in [-0.05, 0) is 57.2 Å². The van der Waals surface area contributed by atoms with Crippen molar-refractivity contribution in [3.05, 3.63) is 52.9 Å². The van der Waals surface area contributed by atoms with Crippen molar-refractivity contribution < 1.29 is 13.9 Å². The van der Waals surface area contributed by atoms with Crippen LogP contribution in [0.1, 0.15) is 25.4 Å². The van der Waals surface area contributed by atoms with Gasteiger partial charge in [0.05, 0.1) is 6.21 Å². The minimum absolute atomic E-state index is 0.373. The van der Waals surface area contributed by atoms with E-state index >= 15 is 0 Å². The van der Waals surface area contributed by atoms with E-state index in [0.29, 0.717) is 16.5 Å². The SMILES string of the molecule is Cc1ccc(C=NNC(=O)C(C)(C)Oc2ccc(Cl)cc2)o1. The van der Waals surface area contributed by atoms with Gasteiger partial charge in [-0.1, -0.05) is 11.6 Å². The van der Waals surface area contributed by atoms with Crippen LogP contribution in [0.25, 0.3) is 0 Å². The molecular formula is C16H17ClN2O3. The molecule has 0 spiro atoms. The summed E-state index contributed by atoms with van der Waals surface area (Å²) in [4.78, 5) is 12.1. The molecule has 22 heavy (non-hydrogen) atoms. The van der Waals surface area contributed by atoms with E-state index in [2.05, 4.69) is 10.5 Å². The molecule has 0 aliphatic rings. The molecule has 2 rings (SSSR count). The zero-order valence-electron chi connectivity index (χ0n) is 12.6. The van der Waals surface area contributed by atoms with E-state index in [1.165, 1.54) is 6.21 Å². The van der Waals surface area contributed by atoms with Crippen molar-refractivity contribution in [1.29, 1.82) is 0 Å². The largest absolute Gasteiger partial charge is 0.478 e. The Morgan fingerprint density at radius 3 is 2.55 bits per heavy atom. The number of benzene rings is 1. The monoisotopic (exact) mass is 320 g/mol. The molecule has 1 heterocycles. The maximum atomic E-state index is 12.1. The van der Waals surface area contributed by atoms with E-state index in [4.69, 9.17) is 20.8 Å². The van der Waals surface area contributed by atoms with Crippen LogP contribution in [-0.4, -0.2) is 17.7 Å². The summed E-state index contributed by atoms with van der Waals surface area (Å²) in [6.45, 7) is 5.14. The van der Waals surface area contributed by atoms with Gasteiger partial charge in [-0.25, -0.2) is 5.43 Å². The molecular weight excluding hydrogens is 304 g/mol. The fraction of sp³-hybridized carbons (Fsp3) is 0.250. The van der Waals surface area contributed by atoms with Crippen molar-refractivity contribution in [3.8, 4) is 5.75 Å². The molecule has 0 bridgehead atoms. The number of hydrogen-bond acceptors (Lipinski definition) is 4. The summed E-state index contributed by atoms with van der Waals surface area (Å²) in [6, 6.07) is 10.4. The number of carbonyl (C=O) groups is 1. The van der Waals surface area contributed by atoms with Crippen molar-refractivity contribution in [2.24, 2.45) is 5.10 Å². The average Bonchev–Trinajstić information content (AvgIpc) is 2.87. The van der Waals surface area contributed by atoms with Gasteiger partial charge in [0.1, 0.15) is 17.3 Å². The smallest absolute Gasteiger partial charge is 0.283 e. The van der Waals surface area contributed by atoms with Crippen molar-refractivity contribution >= 4 is 23.7 Å². The van der Waals surface area contributed by atoms with Crippen LogP contribution in [0.3, 0.4) is 0 Å². The Labute approximate surface area is 133 Å². The first-order valence-electron chi connectivity index (χ1n) is 6.71. The lowest BCUT2D eigenvalue weighted by molar-refractivity contribution is -0.134. The standard InChI is InChI=1S/C16H17ClN2O3/c1-11-4-7-14(21-11)10-18-19-15(20)16(2,3)22-13-8-5-12(17)6-9-13/h4-10H,1-3H3,(H,19,20). The van der Waals surface area contributed by atoms with Crippen molar-refractivity contribution in [2.45, 2.75) is 26.4 Å². The van der Waals surface area contributed by atoms with E-state index in [-0.39, 0.29) is 5.91 Å². The molecule has 0 saturated heterocycles. The Balaban J connectivity index is 1.94. The number of ether oxygens (including phenoxy) is 1. The number of amides is 1. The van der Waals surface area contributed by atoms with Crippen LogP contribution in [0.15, 0.2) is 45.9 Å². The lowest BCUT2D eigenvalue weighted by Gasteiger charge is -2.24. The average molecular weight is 321 g/mol. The summed E-state index contributed by atoms with van der Waals surface area (Å²) in [5.41, 5.74) is 1.35. The van der Waals surface area contributed by atoms with E-state index in [9.17, 15) is 4.79 Å². The molecule has 1 aromatic heterocycles. The molecule has 0 radical (unpaired) electrons. The predicted molar refractivity (Wildman–Crippen MR) is 85.3 cm³/mol. The number of halogens is 1. The molecule has 1 amide bonds. The highest BCUT2D eigenvalue weighted by atomic mass is 35.5. The molecule has 5 nitrogen and oxygen atoms in total. The molecule has 0 atom stereocenters. The lowest BCUT2D eigenvalue weighted by atomic mass is 10.1. The number of hydrogen-bond donors (Lipinski definition) is 1. The number of nitrogens with one attached hydrogen (secondary N) is 1. The molecule has 2 aromatic rings. The summed E-state index contributed by atoms with van der Waals surface area (Å²) in [5, 5.41) is 4.46. The topological polar surface area (TPSA) is 63.8 Å². The van der Waals surface area contributed by atoms with Crippen LogP contribution in [0.2, 0.25) is 5.02 Å². The third-order valence-electron chi connectivity index (χ3n) is 2.85. The second-order valence-corrected chi connectivity index (χ2v) is 5.65. The zero-order chi connectivity index (χ0) is 16.2. The van der Waals surface area contributed by atoms with Gasteiger partial charge in [-0.2, -0.15) is 5.10 Å². The second-order valence-electron chi connectivity index (χ2n) is 5.21. The van der Waals surface area contributed by atoms with Crippen LogP contribution in [0, 0.1) is 6.92 Å². The number of hydrazone groups is 1. The normalized spacial score (nSPS) is 11.6. The minimum atomic E-state index is -1.08. The van der Waals surface area contributed by atoms with Gasteiger partial charge < -0.3 is 9.15 Å². The number of rotatable bonds is 5. The molecule has 0 aliphatic carbocycles.